The third kappa shape index (κ3) is 2.14. The summed E-state index contributed by atoms with van der Waals surface area (Å²) in [6, 6.07) is 0. The molecule has 0 saturated carbocycles. The van der Waals surface area contributed by atoms with Crippen molar-refractivity contribution < 1.29 is 0 Å². The molecular formula is C11H21N3. The van der Waals surface area contributed by atoms with Crippen molar-refractivity contribution in [1.29, 1.82) is 0 Å². The van der Waals surface area contributed by atoms with Gasteiger partial charge in [0.25, 0.3) is 0 Å². The van der Waals surface area contributed by atoms with E-state index in [-0.39, 0.29) is 0 Å². The Kier molecular flexibility index (Phi) is 3.67. The summed E-state index contributed by atoms with van der Waals surface area (Å²) in [5.41, 5.74) is 2.47. The molecule has 1 rings (SSSR count). The van der Waals surface area contributed by atoms with Gasteiger partial charge < -0.3 is 0 Å². The maximum Gasteiger partial charge on any atom is 0.0887 e. The second-order valence-electron chi connectivity index (χ2n) is 4.39. The highest BCUT2D eigenvalue weighted by Crippen LogP contribution is 2.23. The van der Waals surface area contributed by atoms with Crippen LogP contribution < -0.4 is 0 Å². The molecule has 0 saturated heterocycles. The van der Waals surface area contributed by atoms with Crippen LogP contribution >= 0.6 is 0 Å². The Morgan fingerprint density at radius 3 is 2.21 bits per heavy atom. The molecule has 0 radical (unpaired) electrons. The standard InChI is InChI=1S/C11H21N3/c1-6-7-14-11(9(4)5)10(8(2)3)12-13-14/h8-9H,6-7H2,1-5H3. The lowest BCUT2D eigenvalue weighted by Gasteiger charge is -2.11. The predicted octanol–water partition coefficient (Wildman–Crippen LogP) is 2.93. The van der Waals surface area contributed by atoms with Crippen LogP contribution in [-0.2, 0) is 6.54 Å². The lowest BCUT2D eigenvalue weighted by Crippen LogP contribution is -2.07. The van der Waals surface area contributed by atoms with Crippen molar-refractivity contribution in [2.24, 2.45) is 0 Å². The third-order valence-corrected chi connectivity index (χ3v) is 2.33. The first-order chi connectivity index (χ1) is 6.57. The number of aromatic nitrogens is 3. The van der Waals surface area contributed by atoms with Crippen LogP contribution in [0.3, 0.4) is 0 Å². The molecule has 0 bridgehead atoms. The van der Waals surface area contributed by atoms with Gasteiger partial charge in [-0.05, 0) is 18.3 Å². The van der Waals surface area contributed by atoms with Crippen LogP contribution in [0.1, 0.15) is 64.3 Å². The number of rotatable bonds is 4. The molecule has 3 heteroatoms. The summed E-state index contributed by atoms with van der Waals surface area (Å²) < 4.78 is 2.06. The van der Waals surface area contributed by atoms with Gasteiger partial charge in [-0.2, -0.15) is 0 Å². The van der Waals surface area contributed by atoms with E-state index in [1.165, 1.54) is 5.69 Å². The fourth-order valence-electron chi connectivity index (χ4n) is 1.72. The largest absolute Gasteiger partial charge is 0.249 e. The lowest BCUT2D eigenvalue weighted by molar-refractivity contribution is 0.541. The monoisotopic (exact) mass is 195 g/mol. The molecule has 0 amide bonds. The summed E-state index contributed by atoms with van der Waals surface area (Å²) in [6.07, 6.45) is 1.11. The molecule has 0 fully saturated rings. The first-order valence-electron chi connectivity index (χ1n) is 5.51. The van der Waals surface area contributed by atoms with Crippen molar-refractivity contribution in [1.82, 2.24) is 15.0 Å². The molecule has 0 unspecified atom stereocenters. The number of hydrogen-bond acceptors (Lipinski definition) is 2. The molecular weight excluding hydrogens is 174 g/mol. The quantitative estimate of drug-likeness (QED) is 0.739. The average molecular weight is 195 g/mol. The number of hydrogen-bond donors (Lipinski definition) is 0. The topological polar surface area (TPSA) is 30.7 Å². The molecule has 0 aromatic carbocycles. The van der Waals surface area contributed by atoms with Crippen molar-refractivity contribution in [2.75, 3.05) is 0 Å². The van der Waals surface area contributed by atoms with Gasteiger partial charge in [-0.15, -0.1) is 5.10 Å². The highest BCUT2D eigenvalue weighted by Gasteiger charge is 2.17. The summed E-state index contributed by atoms with van der Waals surface area (Å²) >= 11 is 0. The maximum absolute atomic E-state index is 4.27. The predicted molar refractivity (Wildman–Crippen MR) is 58.5 cm³/mol. The van der Waals surface area contributed by atoms with Crippen LogP contribution in [0.25, 0.3) is 0 Å². The molecule has 3 nitrogen and oxygen atoms in total. The molecule has 1 heterocycles. The highest BCUT2D eigenvalue weighted by molar-refractivity contribution is 5.17. The lowest BCUT2D eigenvalue weighted by atomic mass is 10.0. The summed E-state index contributed by atoms with van der Waals surface area (Å²) in [4.78, 5) is 0. The molecule has 0 aliphatic carbocycles. The van der Waals surface area contributed by atoms with Crippen molar-refractivity contribution in [3.05, 3.63) is 11.4 Å². The fourth-order valence-corrected chi connectivity index (χ4v) is 1.72. The Morgan fingerprint density at radius 1 is 1.14 bits per heavy atom. The minimum atomic E-state index is 0.470. The Labute approximate surface area is 86.5 Å². The van der Waals surface area contributed by atoms with Crippen molar-refractivity contribution in [3.63, 3.8) is 0 Å². The smallest absolute Gasteiger partial charge is 0.0887 e. The van der Waals surface area contributed by atoms with E-state index in [4.69, 9.17) is 0 Å². The summed E-state index contributed by atoms with van der Waals surface area (Å²) in [5.74, 6) is 0.979. The van der Waals surface area contributed by atoms with Crippen molar-refractivity contribution in [3.8, 4) is 0 Å². The molecule has 0 spiro atoms. The molecule has 0 aliphatic rings. The summed E-state index contributed by atoms with van der Waals surface area (Å²) in [7, 11) is 0. The van der Waals surface area contributed by atoms with Gasteiger partial charge in [0.1, 0.15) is 0 Å². The first-order valence-corrected chi connectivity index (χ1v) is 5.51. The van der Waals surface area contributed by atoms with E-state index in [0.717, 1.165) is 18.7 Å². The van der Waals surface area contributed by atoms with Crippen LogP contribution in [0.5, 0.6) is 0 Å². The summed E-state index contributed by atoms with van der Waals surface area (Å²) in [6.45, 7) is 11.9. The molecule has 80 valence electrons. The Morgan fingerprint density at radius 2 is 1.79 bits per heavy atom. The van der Waals surface area contributed by atoms with Gasteiger partial charge in [0.15, 0.2) is 0 Å². The maximum atomic E-state index is 4.27. The van der Waals surface area contributed by atoms with E-state index < -0.39 is 0 Å². The normalized spacial score (nSPS) is 11.6. The molecule has 1 aromatic heterocycles. The van der Waals surface area contributed by atoms with Crippen LogP contribution in [0.4, 0.5) is 0 Å². The Hall–Kier alpha value is -0.860. The van der Waals surface area contributed by atoms with Crippen LogP contribution in [0, 0.1) is 0 Å². The summed E-state index contributed by atoms with van der Waals surface area (Å²) in [5, 5.41) is 8.48. The van der Waals surface area contributed by atoms with E-state index in [1.807, 2.05) is 0 Å². The third-order valence-electron chi connectivity index (χ3n) is 2.33. The van der Waals surface area contributed by atoms with E-state index in [1.54, 1.807) is 0 Å². The van der Waals surface area contributed by atoms with Crippen LogP contribution in [0.2, 0.25) is 0 Å². The SMILES string of the molecule is CCCn1nnc(C(C)C)c1C(C)C. The van der Waals surface area contributed by atoms with Gasteiger partial charge in [0, 0.05) is 6.54 Å². The van der Waals surface area contributed by atoms with E-state index in [0.29, 0.717) is 11.8 Å². The zero-order valence-electron chi connectivity index (χ0n) is 9.91. The van der Waals surface area contributed by atoms with Gasteiger partial charge in [-0.1, -0.05) is 39.8 Å². The van der Waals surface area contributed by atoms with E-state index in [2.05, 4.69) is 49.6 Å². The molecule has 0 aliphatic heterocycles. The highest BCUT2D eigenvalue weighted by atomic mass is 15.4. The van der Waals surface area contributed by atoms with Gasteiger partial charge in [0.2, 0.25) is 0 Å². The van der Waals surface area contributed by atoms with Gasteiger partial charge in [-0.25, -0.2) is 4.68 Å². The van der Waals surface area contributed by atoms with Gasteiger partial charge >= 0.3 is 0 Å². The number of nitrogens with zero attached hydrogens (tertiary/aromatic N) is 3. The number of aryl methyl sites for hydroxylation is 1. The zero-order valence-corrected chi connectivity index (χ0v) is 9.91. The minimum Gasteiger partial charge on any atom is -0.249 e. The first kappa shape index (κ1) is 11.2. The Bertz CT molecular complexity index is 287. The van der Waals surface area contributed by atoms with Gasteiger partial charge in [-0.3, -0.25) is 0 Å². The second-order valence-corrected chi connectivity index (χ2v) is 4.39. The Balaban J connectivity index is 3.07. The fraction of sp³-hybridized carbons (Fsp3) is 0.818. The average Bonchev–Trinajstić information content (AvgIpc) is 2.48. The van der Waals surface area contributed by atoms with E-state index in [9.17, 15) is 0 Å². The molecule has 0 N–H and O–H groups in total. The van der Waals surface area contributed by atoms with Gasteiger partial charge in [0.05, 0.1) is 11.4 Å². The van der Waals surface area contributed by atoms with Crippen molar-refractivity contribution >= 4 is 0 Å². The van der Waals surface area contributed by atoms with Crippen LogP contribution in [0.15, 0.2) is 0 Å². The second kappa shape index (κ2) is 4.58. The van der Waals surface area contributed by atoms with Crippen LogP contribution in [-0.4, -0.2) is 15.0 Å². The molecule has 14 heavy (non-hydrogen) atoms. The minimum absolute atomic E-state index is 0.470. The molecule has 1 aromatic rings. The van der Waals surface area contributed by atoms with E-state index >= 15 is 0 Å². The zero-order chi connectivity index (χ0) is 10.7. The van der Waals surface area contributed by atoms with Crippen molar-refractivity contribution in [2.45, 2.75) is 59.4 Å². The molecule has 0 atom stereocenters.